The van der Waals surface area contributed by atoms with Gasteiger partial charge in [-0.25, -0.2) is 5.01 Å². The maximum Gasteiger partial charge on any atom is 0.262 e. The number of hydrogen-bond donors (Lipinski definition) is 0. The Morgan fingerprint density at radius 3 is 2.33 bits per heavy atom. The van der Waals surface area contributed by atoms with Gasteiger partial charge in [-0.15, -0.1) is 0 Å². The number of benzene rings is 2. The van der Waals surface area contributed by atoms with Gasteiger partial charge in [0.25, 0.3) is 5.91 Å². The molecule has 2 heterocycles. The normalized spacial score (nSPS) is 17.4. The zero-order valence-electron chi connectivity index (χ0n) is 23.6. The number of ether oxygens (including phenoxy) is 5. The Morgan fingerprint density at radius 2 is 1.68 bits per heavy atom. The molecule has 0 radical (unpaired) electrons. The summed E-state index contributed by atoms with van der Waals surface area (Å²) in [6.07, 6.45) is 0.460. The first kappa shape index (κ1) is 29.3. The van der Waals surface area contributed by atoms with Gasteiger partial charge in [0, 0.05) is 45.3 Å². The van der Waals surface area contributed by atoms with Gasteiger partial charge in [-0.3, -0.25) is 14.5 Å². The molecule has 216 valence electrons. The molecule has 2 aromatic rings. The van der Waals surface area contributed by atoms with Crippen LogP contribution < -0.4 is 14.2 Å². The van der Waals surface area contributed by atoms with Crippen molar-refractivity contribution >= 4 is 17.5 Å². The minimum Gasteiger partial charge on any atom is -0.497 e. The number of morpholine rings is 1. The molecular formula is C29H38N4O7. The molecule has 11 nitrogen and oxygen atoms in total. The van der Waals surface area contributed by atoms with Gasteiger partial charge < -0.3 is 28.6 Å². The molecule has 2 aliphatic rings. The first-order chi connectivity index (χ1) is 19.5. The van der Waals surface area contributed by atoms with Crippen LogP contribution in [0.25, 0.3) is 0 Å². The third kappa shape index (κ3) is 7.09. The number of carbonyl (C=O) groups excluding carboxylic acids is 2. The van der Waals surface area contributed by atoms with Crippen molar-refractivity contribution in [2.75, 3.05) is 81.0 Å². The largest absolute Gasteiger partial charge is 0.497 e. The van der Waals surface area contributed by atoms with Gasteiger partial charge in [-0.2, -0.15) is 5.10 Å². The summed E-state index contributed by atoms with van der Waals surface area (Å²) in [6, 6.07) is 12.6. The van der Waals surface area contributed by atoms with E-state index in [4.69, 9.17) is 28.8 Å². The Labute approximate surface area is 235 Å². The Morgan fingerprint density at radius 1 is 0.975 bits per heavy atom. The molecule has 2 aliphatic heterocycles. The summed E-state index contributed by atoms with van der Waals surface area (Å²) < 4.78 is 27.0. The summed E-state index contributed by atoms with van der Waals surface area (Å²) in [7, 11) is 6.27. The number of rotatable bonds is 12. The highest BCUT2D eigenvalue weighted by Gasteiger charge is 2.36. The molecule has 0 N–H and O–H groups in total. The SMILES string of the molecule is COCC(=O)N(CCN1CCOCC1)CC(=O)N1N=C(c2ccc(OC)cc2)C[C@@H]1c1cc(OC)ccc1OC. The lowest BCUT2D eigenvalue weighted by Gasteiger charge is -2.31. The Kier molecular flexibility index (Phi) is 10.3. The summed E-state index contributed by atoms with van der Waals surface area (Å²) in [6.45, 7) is 3.69. The van der Waals surface area contributed by atoms with Crippen molar-refractivity contribution in [1.82, 2.24) is 14.8 Å². The minimum absolute atomic E-state index is 0.107. The number of carbonyl (C=O) groups is 2. The average Bonchev–Trinajstić information content (AvgIpc) is 3.45. The van der Waals surface area contributed by atoms with Crippen LogP contribution in [-0.4, -0.2) is 113 Å². The van der Waals surface area contributed by atoms with Crippen LogP contribution in [0.5, 0.6) is 17.2 Å². The summed E-state index contributed by atoms with van der Waals surface area (Å²) in [5.41, 5.74) is 2.39. The van der Waals surface area contributed by atoms with Gasteiger partial charge in [-0.05, 0) is 48.0 Å². The molecule has 2 amide bonds. The molecule has 2 aromatic carbocycles. The predicted octanol–water partition coefficient (Wildman–Crippen LogP) is 2.20. The van der Waals surface area contributed by atoms with Crippen molar-refractivity contribution in [3.8, 4) is 17.2 Å². The molecule has 0 spiro atoms. The fourth-order valence-electron chi connectivity index (χ4n) is 4.87. The molecule has 0 bridgehead atoms. The average molecular weight is 555 g/mol. The zero-order chi connectivity index (χ0) is 28.5. The van der Waals surface area contributed by atoms with Crippen molar-refractivity contribution < 1.29 is 33.3 Å². The maximum absolute atomic E-state index is 13.9. The van der Waals surface area contributed by atoms with E-state index in [9.17, 15) is 9.59 Å². The van der Waals surface area contributed by atoms with Gasteiger partial charge in [0.1, 0.15) is 30.4 Å². The Bertz CT molecular complexity index is 1180. The maximum atomic E-state index is 13.9. The zero-order valence-corrected chi connectivity index (χ0v) is 23.6. The highest BCUT2D eigenvalue weighted by atomic mass is 16.5. The summed E-state index contributed by atoms with van der Waals surface area (Å²) in [5, 5.41) is 6.25. The molecule has 0 aliphatic carbocycles. The van der Waals surface area contributed by atoms with Gasteiger partial charge >= 0.3 is 0 Å². The molecule has 11 heteroatoms. The highest BCUT2D eigenvalue weighted by molar-refractivity contribution is 6.03. The molecule has 4 rings (SSSR count). The molecular weight excluding hydrogens is 516 g/mol. The van der Waals surface area contributed by atoms with Crippen LogP contribution in [0.2, 0.25) is 0 Å². The van der Waals surface area contributed by atoms with Gasteiger partial charge in [0.15, 0.2) is 0 Å². The van der Waals surface area contributed by atoms with Gasteiger partial charge in [-0.1, -0.05) is 0 Å². The van der Waals surface area contributed by atoms with E-state index < -0.39 is 6.04 Å². The van der Waals surface area contributed by atoms with Crippen LogP contribution in [0.1, 0.15) is 23.6 Å². The minimum atomic E-state index is -0.451. The van der Waals surface area contributed by atoms with Crippen molar-refractivity contribution in [2.24, 2.45) is 5.10 Å². The molecule has 0 unspecified atom stereocenters. The van der Waals surface area contributed by atoms with Gasteiger partial charge in [0.2, 0.25) is 5.91 Å². The lowest BCUT2D eigenvalue weighted by atomic mass is 9.97. The van der Waals surface area contributed by atoms with E-state index in [2.05, 4.69) is 4.90 Å². The topological polar surface area (TPSA) is 102 Å². The third-order valence-electron chi connectivity index (χ3n) is 7.12. The van der Waals surface area contributed by atoms with Crippen LogP contribution in [0.15, 0.2) is 47.6 Å². The standard InChI is InChI=1S/C29H38N4O7/c1-36-20-29(35)32(12-11-31-13-15-40-16-14-31)19-28(34)33-26(24-17-23(38-3)9-10-27(24)39-4)18-25(30-33)21-5-7-22(37-2)8-6-21/h5-10,17,26H,11-16,18-20H2,1-4H3/t26-/m1/s1. The lowest BCUT2D eigenvalue weighted by Crippen LogP contribution is -2.47. The van der Waals surface area contributed by atoms with Crippen molar-refractivity contribution in [3.63, 3.8) is 0 Å². The monoisotopic (exact) mass is 554 g/mol. The van der Waals surface area contributed by atoms with E-state index in [0.717, 1.165) is 35.7 Å². The lowest BCUT2D eigenvalue weighted by molar-refractivity contribution is -0.143. The first-order valence-corrected chi connectivity index (χ1v) is 13.3. The number of methoxy groups -OCH3 is 4. The second-order valence-corrected chi connectivity index (χ2v) is 9.54. The Hall–Kier alpha value is -3.67. The second-order valence-electron chi connectivity index (χ2n) is 9.54. The van der Waals surface area contributed by atoms with E-state index >= 15 is 0 Å². The van der Waals surface area contributed by atoms with E-state index in [1.165, 1.54) is 12.1 Å². The van der Waals surface area contributed by atoms with Crippen LogP contribution >= 0.6 is 0 Å². The summed E-state index contributed by atoms with van der Waals surface area (Å²) >= 11 is 0. The van der Waals surface area contributed by atoms with Crippen LogP contribution in [-0.2, 0) is 19.1 Å². The van der Waals surface area contributed by atoms with Crippen LogP contribution in [0.4, 0.5) is 0 Å². The fraction of sp³-hybridized carbons (Fsp3) is 0.483. The van der Waals surface area contributed by atoms with E-state index in [0.29, 0.717) is 44.2 Å². The number of nitrogens with zero attached hydrogens (tertiary/aromatic N) is 4. The number of amides is 2. The number of hydrogen-bond acceptors (Lipinski definition) is 9. The smallest absolute Gasteiger partial charge is 0.262 e. The van der Waals surface area contributed by atoms with Crippen molar-refractivity contribution in [3.05, 3.63) is 53.6 Å². The predicted molar refractivity (Wildman–Crippen MR) is 149 cm³/mol. The quantitative estimate of drug-likeness (QED) is 0.394. The molecule has 0 saturated carbocycles. The molecule has 1 fully saturated rings. The summed E-state index contributed by atoms with van der Waals surface area (Å²) in [4.78, 5) is 30.6. The number of hydrazone groups is 1. The molecule has 40 heavy (non-hydrogen) atoms. The highest BCUT2D eigenvalue weighted by Crippen LogP contribution is 2.39. The molecule has 1 saturated heterocycles. The van der Waals surface area contributed by atoms with E-state index in [-0.39, 0.29) is 25.0 Å². The molecule has 1 atom stereocenters. The van der Waals surface area contributed by atoms with Crippen LogP contribution in [0, 0.1) is 0 Å². The van der Waals surface area contributed by atoms with Crippen molar-refractivity contribution in [1.29, 1.82) is 0 Å². The van der Waals surface area contributed by atoms with Crippen molar-refractivity contribution in [2.45, 2.75) is 12.5 Å². The van der Waals surface area contributed by atoms with E-state index in [1.807, 2.05) is 42.5 Å². The molecule has 0 aromatic heterocycles. The van der Waals surface area contributed by atoms with Crippen LogP contribution in [0.3, 0.4) is 0 Å². The Balaban J connectivity index is 1.62. The fourth-order valence-corrected chi connectivity index (χ4v) is 4.87. The first-order valence-electron chi connectivity index (χ1n) is 13.3. The second kappa shape index (κ2) is 14.1. The van der Waals surface area contributed by atoms with E-state index in [1.54, 1.807) is 26.2 Å². The van der Waals surface area contributed by atoms with Gasteiger partial charge in [0.05, 0.1) is 46.3 Å². The summed E-state index contributed by atoms with van der Waals surface area (Å²) in [5.74, 6) is 1.44. The third-order valence-corrected chi connectivity index (χ3v) is 7.12.